The lowest BCUT2D eigenvalue weighted by molar-refractivity contribution is 0.288. The largest absolute Gasteiger partial charge is 0.399 e. The van der Waals surface area contributed by atoms with E-state index in [1.165, 1.54) is 0 Å². The van der Waals surface area contributed by atoms with Gasteiger partial charge in [-0.1, -0.05) is 11.6 Å². The van der Waals surface area contributed by atoms with Crippen LogP contribution in [0.2, 0.25) is 5.15 Å². The monoisotopic (exact) mass is 261 g/mol. The molecule has 0 saturated carbocycles. The summed E-state index contributed by atoms with van der Waals surface area (Å²) < 4.78 is 0. The Balaban J connectivity index is 2.72. The summed E-state index contributed by atoms with van der Waals surface area (Å²) in [7, 11) is 0. The second-order valence-electron chi connectivity index (χ2n) is 3.50. The summed E-state index contributed by atoms with van der Waals surface area (Å²) in [6, 6.07) is 3.40. The highest BCUT2D eigenvalue weighted by molar-refractivity contribution is 7.99. The highest BCUT2D eigenvalue weighted by atomic mass is 35.5. The molecule has 6 heteroatoms. The first-order chi connectivity index (χ1) is 7.56. The van der Waals surface area contributed by atoms with Crippen LogP contribution in [0.15, 0.2) is 12.1 Å². The van der Waals surface area contributed by atoms with E-state index in [4.69, 9.17) is 22.4 Å². The van der Waals surface area contributed by atoms with Crippen molar-refractivity contribution in [2.45, 2.75) is 18.2 Å². The maximum Gasteiger partial charge on any atom is 0.133 e. The average molecular weight is 262 g/mol. The zero-order valence-electron chi connectivity index (χ0n) is 9.27. The number of anilines is 2. The molecule has 0 aliphatic carbocycles. The van der Waals surface area contributed by atoms with E-state index in [0.29, 0.717) is 16.7 Å². The van der Waals surface area contributed by atoms with Crippen LogP contribution >= 0.6 is 23.4 Å². The number of nitrogens with one attached hydrogen (secondary N) is 1. The molecule has 16 heavy (non-hydrogen) atoms. The molecule has 4 nitrogen and oxygen atoms in total. The zero-order chi connectivity index (χ0) is 12.1. The Morgan fingerprint density at radius 3 is 2.81 bits per heavy atom. The van der Waals surface area contributed by atoms with Crippen LogP contribution in [-0.4, -0.2) is 34.2 Å². The van der Waals surface area contributed by atoms with Gasteiger partial charge in [0.2, 0.25) is 0 Å². The predicted octanol–water partition coefficient (Wildman–Crippen LogP) is 1.84. The number of nitrogens with two attached hydrogens (primary N) is 1. The standard InChI is InChI=1S/C10H16ClN3OS/c1-6(8(5-15)16-2)13-10-4-7(12)3-9(11)14-10/h3-4,6,8,15H,5H2,1-2H3,(H3,12,13,14). The van der Waals surface area contributed by atoms with E-state index in [1.807, 2.05) is 13.2 Å². The predicted molar refractivity (Wildman–Crippen MR) is 71.1 cm³/mol. The zero-order valence-corrected chi connectivity index (χ0v) is 10.8. The SMILES string of the molecule is CSC(CO)C(C)Nc1cc(N)cc(Cl)n1. The maximum atomic E-state index is 9.15. The van der Waals surface area contributed by atoms with Gasteiger partial charge in [0, 0.05) is 23.0 Å². The van der Waals surface area contributed by atoms with Gasteiger partial charge in [-0.3, -0.25) is 0 Å². The molecule has 1 aromatic heterocycles. The summed E-state index contributed by atoms with van der Waals surface area (Å²) in [5.74, 6) is 0.630. The normalized spacial score (nSPS) is 14.5. The van der Waals surface area contributed by atoms with Gasteiger partial charge >= 0.3 is 0 Å². The number of nitrogens with zero attached hydrogens (tertiary/aromatic N) is 1. The molecular weight excluding hydrogens is 246 g/mol. The minimum absolute atomic E-state index is 0.0883. The molecule has 90 valence electrons. The Bertz CT molecular complexity index is 327. The van der Waals surface area contributed by atoms with E-state index < -0.39 is 0 Å². The third-order valence-electron chi connectivity index (χ3n) is 2.23. The number of thioether (sulfide) groups is 1. The molecular formula is C10H16ClN3OS. The van der Waals surface area contributed by atoms with Crippen molar-refractivity contribution in [2.75, 3.05) is 23.9 Å². The Morgan fingerprint density at radius 2 is 2.31 bits per heavy atom. The van der Waals surface area contributed by atoms with E-state index in [9.17, 15) is 0 Å². The second-order valence-corrected chi connectivity index (χ2v) is 4.96. The number of nitrogen functional groups attached to an aromatic ring is 1. The van der Waals surface area contributed by atoms with Crippen molar-refractivity contribution in [3.63, 3.8) is 0 Å². The van der Waals surface area contributed by atoms with Gasteiger partial charge in [0.25, 0.3) is 0 Å². The Labute approximate surface area is 105 Å². The first-order valence-corrected chi connectivity index (χ1v) is 6.56. The molecule has 0 aliphatic rings. The van der Waals surface area contributed by atoms with E-state index in [-0.39, 0.29) is 17.9 Å². The molecule has 0 radical (unpaired) electrons. The molecule has 1 rings (SSSR count). The summed E-state index contributed by atoms with van der Waals surface area (Å²) in [6.45, 7) is 2.10. The number of aliphatic hydroxyl groups excluding tert-OH is 1. The summed E-state index contributed by atoms with van der Waals surface area (Å²) in [4.78, 5) is 4.11. The quantitative estimate of drug-likeness (QED) is 0.706. The third-order valence-corrected chi connectivity index (χ3v) is 3.59. The van der Waals surface area contributed by atoms with Crippen LogP contribution in [0.4, 0.5) is 11.5 Å². The number of rotatable bonds is 5. The number of halogens is 1. The Kier molecular flexibility index (Phi) is 5.18. The van der Waals surface area contributed by atoms with Gasteiger partial charge in [0.15, 0.2) is 0 Å². The van der Waals surface area contributed by atoms with Crippen LogP contribution in [0.5, 0.6) is 0 Å². The summed E-state index contributed by atoms with van der Waals surface area (Å²) in [6.07, 6.45) is 1.96. The van der Waals surface area contributed by atoms with Crippen molar-refractivity contribution in [3.05, 3.63) is 17.3 Å². The van der Waals surface area contributed by atoms with Gasteiger partial charge < -0.3 is 16.2 Å². The molecule has 2 atom stereocenters. The molecule has 0 saturated heterocycles. The minimum Gasteiger partial charge on any atom is -0.399 e. The summed E-state index contributed by atoms with van der Waals surface area (Å²) in [5, 5.41) is 12.8. The molecule has 1 heterocycles. The fourth-order valence-electron chi connectivity index (χ4n) is 1.35. The van der Waals surface area contributed by atoms with Gasteiger partial charge in [-0.2, -0.15) is 11.8 Å². The first kappa shape index (κ1) is 13.4. The molecule has 0 spiro atoms. The van der Waals surface area contributed by atoms with Crippen molar-refractivity contribution >= 4 is 34.9 Å². The average Bonchev–Trinajstić information content (AvgIpc) is 2.17. The van der Waals surface area contributed by atoms with Crippen molar-refractivity contribution in [2.24, 2.45) is 0 Å². The van der Waals surface area contributed by atoms with Gasteiger partial charge in [-0.25, -0.2) is 4.98 Å². The molecule has 0 amide bonds. The van der Waals surface area contributed by atoms with Gasteiger partial charge in [-0.15, -0.1) is 0 Å². The molecule has 1 aromatic rings. The van der Waals surface area contributed by atoms with E-state index >= 15 is 0 Å². The van der Waals surface area contributed by atoms with Crippen molar-refractivity contribution < 1.29 is 5.11 Å². The van der Waals surface area contributed by atoms with Crippen LogP contribution in [0, 0.1) is 0 Å². The molecule has 0 aliphatic heterocycles. The molecule has 0 fully saturated rings. The van der Waals surface area contributed by atoms with Crippen molar-refractivity contribution in [1.29, 1.82) is 0 Å². The number of aliphatic hydroxyl groups is 1. The van der Waals surface area contributed by atoms with Crippen LogP contribution in [-0.2, 0) is 0 Å². The van der Waals surface area contributed by atoms with Gasteiger partial charge in [-0.05, 0) is 19.2 Å². The number of hydrogen-bond acceptors (Lipinski definition) is 5. The van der Waals surface area contributed by atoms with Crippen LogP contribution in [0.25, 0.3) is 0 Å². The number of hydrogen-bond donors (Lipinski definition) is 3. The fraction of sp³-hybridized carbons (Fsp3) is 0.500. The van der Waals surface area contributed by atoms with E-state index in [1.54, 1.807) is 23.9 Å². The van der Waals surface area contributed by atoms with Crippen molar-refractivity contribution in [3.8, 4) is 0 Å². The summed E-state index contributed by atoms with van der Waals surface area (Å²) >= 11 is 7.40. The van der Waals surface area contributed by atoms with Crippen LogP contribution in [0.1, 0.15) is 6.92 Å². The van der Waals surface area contributed by atoms with Crippen molar-refractivity contribution in [1.82, 2.24) is 4.98 Å². The lowest BCUT2D eigenvalue weighted by Crippen LogP contribution is -2.31. The third kappa shape index (κ3) is 3.73. The molecule has 2 unspecified atom stereocenters. The topological polar surface area (TPSA) is 71.2 Å². The molecule has 4 N–H and O–H groups in total. The lowest BCUT2D eigenvalue weighted by atomic mass is 10.2. The number of aromatic nitrogens is 1. The van der Waals surface area contributed by atoms with Crippen LogP contribution in [0.3, 0.4) is 0 Å². The highest BCUT2D eigenvalue weighted by Gasteiger charge is 2.15. The van der Waals surface area contributed by atoms with E-state index in [2.05, 4.69) is 10.3 Å². The van der Waals surface area contributed by atoms with Gasteiger partial charge in [0.1, 0.15) is 11.0 Å². The molecule has 0 aromatic carbocycles. The Hall–Kier alpha value is -0.650. The fourth-order valence-corrected chi connectivity index (χ4v) is 2.20. The minimum atomic E-state index is 0.0883. The number of pyridine rings is 1. The highest BCUT2D eigenvalue weighted by Crippen LogP contribution is 2.19. The lowest BCUT2D eigenvalue weighted by Gasteiger charge is -2.21. The van der Waals surface area contributed by atoms with Crippen LogP contribution < -0.4 is 11.1 Å². The van der Waals surface area contributed by atoms with Gasteiger partial charge in [0.05, 0.1) is 6.61 Å². The first-order valence-electron chi connectivity index (χ1n) is 4.90. The molecule has 0 bridgehead atoms. The maximum absolute atomic E-state index is 9.15. The Morgan fingerprint density at radius 1 is 1.62 bits per heavy atom. The van der Waals surface area contributed by atoms with E-state index in [0.717, 1.165) is 0 Å². The summed E-state index contributed by atoms with van der Waals surface area (Å²) in [5.41, 5.74) is 6.23. The second kappa shape index (κ2) is 6.18. The smallest absolute Gasteiger partial charge is 0.133 e.